The Hall–Kier alpha value is -1.82. The minimum Gasteiger partial charge on any atom is -0.327 e. The average Bonchev–Trinajstić information content (AvgIpc) is 2.65. The third kappa shape index (κ3) is 2.22. The standard InChI is InChI=1S/C10H10N4OS/c1-7-5-12-8(6-11-7)9(15)13-10-14(2)3-4-16-10/h3-6H,1-2H3. The molecule has 2 aromatic heterocycles. The lowest BCUT2D eigenvalue weighted by Crippen LogP contribution is -2.13. The molecule has 2 rings (SSSR count). The van der Waals surface area contributed by atoms with Crippen molar-refractivity contribution in [1.82, 2.24) is 14.5 Å². The Morgan fingerprint density at radius 3 is 2.81 bits per heavy atom. The maximum absolute atomic E-state index is 11.7. The number of carbonyl (C=O) groups is 1. The van der Waals surface area contributed by atoms with Gasteiger partial charge in [0.1, 0.15) is 5.69 Å². The fraction of sp³-hybridized carbons (Fsp3) is 0.200. The smallest absolute Gasteiger partial charge is 0.299 e. The number of aromatic nitrogens is 3. The molecule has 82 valence electrons. The second-order valence-electron chi connectivity index (χ2n) is 3.26. The highest BCUT2D eigenvalue weighted by molar-refractivity contribution is 7.07. The lowest BCUT2D eigenvalue weighted by Gasteiger charge is -1.94. The van der Waals surface area contributed by atoms with Crippen molar-refractivity contribution in [3.63, 3.8) is 0 Å². The molecule has 0 atom stereocenters. The lowest BCUT2D eigenvalue weighted by atomic mass is 10.4. The van der Waals surface area contributed by atoms with Gasteiger partial charge in [-0.15, -0.1) is 11.3 Å². The summed E-state index contributed by atoms with van der Waals surface area (Å²) in [5, 5.41) is 1.87. The normalized spacial score (nSPS) is 11.8. The van der Waals surface area contributed by atoms with Gasteiger partial charge in [0.05, 0.1) is 11.9 Å². The number of nitrogens with zero attached hydrogens (tertiary/aromatic N) is 4. The summed E-state index contributed by atoms with van der Waals surface area (Å²) in [5.41, 5.74) is 1.04. The molecule has 1 amide bonds. The van der Waals surface area contributed by atoms with E-state index in [1.807, 2.05) is 25.5 Å². The molecule has 0 unspecified atom stereocenters. The first-order valence-electron chi connectivity index (χ1n) is 4.64. The van der Waals surface area contributed by atoms with Crippen LogP contribution < -0.4 is 4.80 Å². The maximum Gasteiger partial charge on any atom is 0.299 e. The van der Waals surface area contributed by atoms with E-state index in [1.54, 1.807) is 10.8 Å². The molecule has 0 aliphatic carbocycles. The molecule has 5 nitrogen and oxygen atoms in total. The molecular formula is C10H10N4OS. The van der Waals surface area contributed by atoms with Gasteiger partial charge in [-0.1, -0.05) is 0 Å². The first kappa shape index (κ1) is 10.7. The van der Waals surface area contributed by atoms with E-state index in [0.717, 1.165) is 5.69 Å². The predicted molar refractivity (Wildman–Crippen MR) is 60.0 cm³/mol. The van der Waals surface area contributed by atoms with Gasteiger partial charge in [0.15, 0.2) is 4.80 Å². The zero-order valence-electron chi connectivity index (χ0n) is 8.91. The number of carbonyl (C=O) groups excluding carboxylic acids is 1. The summed E-state index contributed by atoms with van der Waals surface area (Å²) in [7, 11) is 1.84. The Balaban J connectivity index is 2.34. The van der Waals surface area contributed by atoms with Crippen molar-refractivity contribution in [1.29, 1.82) is 0 Å². The Kier molecular flexibility index (Phi) is 2.91. The molecule has 6 heteroatoms. The van der Waals surface area contributed by atoms with E-state index >= 15 is 0 Å². The second-order valence-corrected chi connectivity index (χ2v) is 4.13. The van der Waals surface area contributed by atoms with Gasteiger partial charge in [0.25, 0.3) is 5.91 Å². The molecular weight excluding hydrogens is 224 g/mol. The van der Waals surface area contributed by atoms with Crippen molar-refractivity contribution in [2.45, 2.75) is 6.92 Å². The fourth-order valence-corrected chi connectivity index (χ4v) is 1.81. The summed E-state index contributed by atoms with van der Waals surface area (Å²) < 4.78 is 1.78. The number of thiazole rings is 1. The number of rotatable bonds is 1. The van der Waals surface area contributed by atoms with Gasteiger partial charge < -0.3 is 4.57 Å². The number of hydrogen-bond donors (Lipinski definition) is 0. The van der Waals surface area contributed by atoms with Crippen LogP contribution in [0.3, 0.4) is 0 Å². The van der Waals surface area contributed by atoms with Crippen LogP contribution in [0.4, 0.5) is 0 Å². The highest BCUT2D eigenvalue weighted by atomic mass is 32.1. The molecule has 2 aromatic rings. The van der Waals surface area contributed by atoms with E-state index in [1.165, 1.54) is 17.5 Å². The lowest BCUT2D eigenvalue weighted by molar-refractivity contribution is 0.0992. The Morgan fingerprint density at radius 1 is 1.44 bits per heavy atom. The Labute approximate surface area is 96.1 Å². The molecule has 0 spiro atoms. The monoisotopic (exact) mass is 234 g/mol. The van der Waals surface area contributed by atoms with Crippen molar-refractivity contribution < 1.29 is 4.79 Å². The summed E-state index contributed by atoms with van der Waals surface area (Å²) in [5.74, 6) is -0.370. The van der Waals surface area contributed by atoms with Crippen LogP contribution in [0.5, 0.6) is 0 Å². The van der Waals surface area contributed by atoms with Gasteiger partial charge in [-0.3, -0.25) is 9.78 Å². The number of hydrogen-bond acceptors (Lipinski definition) is 4. The highest BCUT2D eigenvalue weighted by Gasteiger charge is 2.05. The van der Waals surface area contributed by atoms with Crippen LogP contribution in [0.15, 0.2) is 29.0 Å². The largest absolute Gasteiger partial charge is 0.327 e. The Bertz CT molecular complexity index is 567. The topological polar surface area (TPSA) is 60.1 Å². The third-order valence-electron chi connectivity index (χ3n) is 1.96. The molecule has 0 radical (unpaired) electrons. The maximum atomic E-state index is 11.7. The van der Waals surface area contributed by atoms with E-state index in [4.69, 9.17) is 0 Å². The van der Waals surface area contributed by atoms with Crippen LogP contribution in [0.25, 0.3) is 0 Å². The van der Waals surface area contributed by atoms with Crippen molar-refractivity contribution in [2.75, 3.05) is 0 Å². The molecule has 0 saturated carbocycles. The van der Waals surface area contributed by atoms with Gasteiger partial charge in [-0.2, -0.15) is 4.99 Å². The van der Waals surface area contributed by atoms with Gasteiger partial charge in [-0.25, -0.2) is 4.98 Å². The quantitative estimate of drug-likeness (QED) is 0.737. The summed E-state index contributed by atoms with van der Waals surface area (Å²) in [4.78, 5) is 24.3. The first-order chi connectivity index (χ1) is 7.66. The zero-order valence-corrected chi connectivity index (χ0v) is 9.73. The SMILES string of the molecule is Cc1cnc(C(=O)N=c2sccn2C)cn1. The van der Waals surface area contributed by atoms with E-state index in [-0.39, 0.29) is 11.6 Å². The highest BCUT2D eigenvalue weighted by Crippen LogP contribution is 1.96. The summed E-state index contributed by atoms with van der Waals surface area (Å²) in [6.45, 7) is 1.82. The van der Waals surface area contributed by atoms with Crippen LogP contribution in [-0.4, -0.2) is 20.4 Å². The van der Waals surface area contributed by atoms with E-state index in [9.17, 15) is 4.79 Å². The van der Waals surface area contributed by atoms with Gasteiger partial charge in [-0.05, 0) is 6.92 Å². The molecule has 0 bridgehead atoms. The second kappa shape index (κ2) is 4.36. The molecule has 0 aromatic carbocycles. The van der Waals surface area contributed by atoms with Crippen LogP contribution >= 0.6 is 11.3 Å². The fourth-order valence-electron chi connectivity index (χ4n) is 1.08. The van der Waals surface area contributed by atoms with Crippen molar-refractivity contribution in [2.24, 2.45) is 12.0 Å². The minimum absolute atomic E-state index is 0.263. The number of aryl methyl sites for hydroxylation is 2. The molecule has 2 heterocycles. The zero-order chi connectivity index (χ0) is 11.5. The van der Waals surface area contributed by atoms with Crippen LogP contribution in [0.2, 0.25) is 0 Å². The predicted octanol–water partition coefficient (Wildman–Crippen LogP) is 0.926. The molecule has 0 fully saturated rings. The minimum atomic E-state index is -0.370. The van der Waals surface area contributed by atoms with Crippen LogP contribution in [0.1, 0.15) is 16.2 Å². The van der Waals surface area contributed by atoms with Gasteiger partial charge in [0, 0.05) is 24.8 Å². The molecule has 0 saturated heterocycles. The van der Waals surface area contributed by atoms with Gasteiger partial charge in [0.2, 0.25) is 0 Å². The number of amides is 1. The van der Waals surface area contributed by atoms with E-state index in [0.29, 0.717) is 4.80 Å². The molecule has 16 heavy (non-hydrogen) atoms. The van der Waals surface area contributed by atoms with Crippen molar-refractivity contribution in [3.8, 4) is 0 Å². The first-order valence-corrected chi connectivity index (χ1v) is 5.52. The van der Waals surface area contributed by atoms with Gasteiger partial charge >= 0.3 is 0 Å². The summed E-state index contributed by atoms with van der Waals surface area (Å²) >= 11 is 1.40. The Morgan fingerprint density at radius 2 is 2.25 bits per heavy atom. The van der Waals surface area contributed by atoms with Crippen LogP contribution in [-0.2, 0) is 7.05 Å². The summed E-state index contributed by atoms with van der Waals surface area (Å²) in [6, 6.07) is 0. The average molecular weight is 234 g/mol. The molecule has 0 aliphatic rings. The molecule has 0 aliphatic heterocycles. The summed E-state index contributed by atoms with van der Waals surface area (Å²) in [6.07, 6.45) is 4.84. The van der Waals surface area contributed by atoms with E-state index in [2.05, 4.69) is 15.0 Å². The van der Waals surface area contributed by atoms with Crippen molar-refractivity contribution in [3.05, 3.63) is 40.2 Å². The molecule has 0 N–H and O–H groups in total. The van der Waals surface area contributed by atoms with E-state index < -0.39 is 0 Å². The third-order valence-corrected chi connectivity index (χ3v) is 2.80. The van der Waals surface area contributed by atoms with Crippen molar-refractivity contribution >= 4 is 17.2 Å². The van der Waals surface area contributed by atoms with Crippen LogP contribution in [0, 0.1) is 6.92 Å².